The van der Waals surface area contributed by atoms with E-state index in [4.69, 9.17) is 19.2 Å². The third kappa shape index (κ3) is 11.0. The SMILES string of the molecule is C=CC(C)C(C)(NC(=O)[C@@H]1C[C@@H]2CN1C(=O)[C@H](C(C)(C)C)NC(=O)O[C@@H]1C[C@H]1CCCCCc1c(nc3ccccc3c1OC1CCN(CC(F)(F)F)CC1)O2)C(=O)NS(=O)(=O)C1(C)CC1. The highest BCUT2D eigenvalue weighted by atomic mass is 32.2. The number of nitrogens with zero attached hydrogens (tertiary/aromatic N) is 3. The van der Waals surface area contributed by atoms with Crippen LogP contribution >= 0.6 is 0 Å². The molecule has 0 radical (unpaired) electrons. The lowest BCUT2D eigenvalue weighted by molar-refractivity contribution is -0.149. The van der Waals surface area contributed by atoms with Crippen molar-refractivity contribution in [2.24, 2.45) is 17.3 Å². The number of alkyl carbamates (subject to hydrolysis) is 1. The molecule has 7 rings (SSSR count). The van der Waals surface area contributed by atoms with Crippen molar-refractivity contribution in [2.45, 2.75) is 159 Å². The van der Waals surface area contributed by atoms with Crippen LogP contribution in [0, 0.1) is 17.3 Å². The van der Waals surface area contributed by atoms with Gasteiger partial charge < -0.3 is 29.7 Å². The molecule has 4 amide bonds. The van der Waals surface area contributed by atoms with Gasteiger partial charge in [-0.1, -0.05) is 58.7 Å². The van der Waals surface area contributed by atoms with Crippen molar-refractivity contribution in [3.8, 4) is 11.6 Å². The first-order valence-electron chi connectivity index (χ1n) is 23.2. The Balaban J connectivity index is 1.25. The Morgan fingerprint density at radius 3 is 2.39 bits per heavy atom. The topological polar surface area (TPSA) is 186 Å². The molecule has 5 aliphatic rings. The first-order chi connectivity index (χ1) is 30.9. The molecule has 2 bridgehead atoms. The summed E-state index contributed by atoms with van der Waals surface area (Å²) < 4.78 is 86.8. The second-order valence-electron chi connectivity index (χ2n) is 20.5. The summed E-state index contributed by atoms with van der Waals surface area (Å²) >= 11 is 0. The molecule has 2 aromatic rings. The van der Waals surface area contributed by atoms with Crippen LogP contribution < -0.4 is 24.8 Å². The summed E-state index contributed by atoms with van der Waals surface area (Å²) in [7, 11) is -4.11. The number of hydrogen-bond acceptors (Lipinski definition) is 11. The number of nitrogens with one attached hydrogen (secondary N) is 3. The minimum atomic E-state index is -4.31. The fourth-order valence-corrected chi connectivity index (χ4v) is 10.5. The summed E-state index contributed by atoms with van der Waals surface area (Å²) in [4.78, 5) is 64.8. The molecule has 2 aliphatic carbocycles. The van der Waals surface area contributed by atoms with Crippen molar-refractivity contribution in [1.82, 2.24) is 30.1 Å². The highest BCUT2D eigenvalue weighted by Gasteiger charge is 2.54. The predicted octanol–water partition coefficient (Wildman–Crippen LogP) is 6.33. The summed E-state index contributed by atoms with van der Waals surface area (Å²) in [5, 5.41) is 6.30. The van der Waals surface area contributed by atoms with Crippen molar-refractivity contribution in [3.05, 3.63) is 42.5 Å². The normalized spacial score (nSPS) is 27.0. The molecule has 15 nitrogen and oxygen atoms in total. The predicted molar refractivity (Wildman–Crippen MR) is 240 cm³/mol. The van der Waals surface area contributed by atoms with Crippen molar-refractivity contribution >= 4 is 44.7 Å². The Labute approximate surface area is 385 Å². The highest BCUT2D eigenvalue weighted by Crippen LogP contribution is 2.43. The monoisotopic (exact) mass is 946 g/mol. The smallest absolute Gasteiger partial charge is 0.408 e. The highest BCUT2D eigenvalue weighted by molar-refractivity contribution is 7.91. The van der Waals surface area contributed by atoms with E-state index in [2.05, 4.69) is 21.9 Å². The van der Waals surface area contributed by atoms with Crippen LogP contribution in [-0.2, 0) is 35.6 Å². The molecule has 19 heteroatoms. The van der Waals surface area contributed by atoms with Crippen LogP contribution in [0.15, 0.2) is 36.9 Å². The minimum absolute atomic E-state index is 0.0824. The first kappa shape index (κ1) is 49.3. The number of sulfonamides is 1. The number of likely N-dealkylation sites (tertiary alicyclic amines) is 1. The lowest BCUT2D eigenvalue weighted by Gasteiger charge is -2.37. The molecule has 66 heavy (non-hydrogen) atoms. The lowest BCUT2D eigenvalue weighted by atomic mass is 9.85. The Bertz CT molecular complexity index is 2290. The molecule has 1 aromatic heterocycles. The van der Waals surface area contributed by atoms with E-state index in [1.54, 1.807) is 34.6 Å². The van der Waals surface area contributed by atoms with Gasteiger partial charge in [-0.3, -0.25) is 24.0 Å². The van der Waals surface area contributed by atoms with Crippen LogP contribution in [0.4, 0.5) is 18.0 Å². The van der Waals surface area contributed by atoms with Crippen molar-refractivity contribution in [3.63, 3.8) is 0 Å². The number of aromatic nitrogens is 1. The molecule has 364 valence electrons. The number of para-hydroxylation sites is 1. The third-order valence-corrected chi connectivity index (χ3v) is 16.4. The second-order valence-corrected chi connectivity index (χ2v) is 22.7. The second kappa shape index (κ2) is 18.8. The quantitative estimate of drug-likeness (QED) is 0.226. The lowest BCUT2D eigenvalue weighted by Crippen LogP contribution is -2.65. The Morgan fingerprint density at radius 1 is 1.05 bits per heavy atom. The molecule has 7 atom stereocenters. The minimum Gasteiger partial charge on any atom is -0.489 e. The van der Waals surface area contributed by atoms with E-state index in [-0.39, 0.29) is 50.1 Å². The number of carbonyl (C=O) groups excluding carboxylic acids is 4. The number of ether oxygens (including phenoxy) is 3. The van der Waals surface area contributed by atoms with Crippen LogP contribution in [0.3, 0.4) is 0 Å². The molecule has 3 N–H and O–H groups in total. The fourth-order valence-electron chi connectivity index (χ4n) is 9.20. The molecule has 1 aromatic carbocycles. The van der Waals surface area contributed by atoms with Crippen molar-refractivity contribution in [2.75, 3.05) is 26.2 Å². The standard InChI is InChI=1S/C47H65F3N6O9S/c1-8-28(2)46(7,42(59)54-66(61,62)45(6)20-21-45)53-39(57)35-25-31-26-56(35)41(58)38(44(3,4)5)52-43(60)65-36-24-29(36)14-10-9-11-16-33-37(32-15-12-13-17-34(32)51-40(33)64-31)63-30-18-22-55(23-19-30)27-47(48,49)50/h8,12-13,15,17,28-31,35-36,38H,1,9-11,14,16,18-27H2,2-7H3,(H,52,60)(H,53,57)(H,54,59)/t28?,29-,31-,35+,36-,38-,46?/m1/s1. The van der Waals surface area contributed by atoms with Crippen LogP contribution in [0.25, 0.3) is 10.9 Å². The van der Waals surface area contributed by atoms with E-state index in [9.17, 15) is 40.8 Å². The largest absolute Gasteiger partial charge is 0.489 e. The molecular formula is C47H65F3N6O9S. The van der Waals surface area contributed by atoms with Gasteiger partial charge in [0.15, 0.2) is 0 Å². The van der Waals surface area contributed by atoms with E-state index in [0.29, 0.717) is 67.2 Å². The Morgan fingerprint density at radius 2 is 1.74 bits per heavy atom. The van der Waals surface area contributed by atoms with Gasteiger partial charge in [-0.05, 0) is 88.7 Å². The van der Waals surface area contributed by atoms with Gasteiger partial charge in [0.2, 0.25) is 27.7 Å². The Kier molecular flexibility index (Phi) is 14.0. The van der Waals surface area contributed by atoms with Gasteiger partial charge >= 0.3 is 12.3 Å². The zero-order valence-corrected chi connectivity index (χ0v) is 39.6. The summed E-state index contributed by atoms with van der Waals surface area (Å²) in [6, 6.07) is 4.94. The van der Waals surface area contributed by atoms with E-state index >= 15 is 0 Å². The molecule has 4 heterocycles. The average molecular weight is 947 g/mol. The molecule has 4 fully saturated rings. The summed E-state index contributed by atoms with van der Waals surface area (Å²) in [6.45, 7) is 13.0. The number of pyridine rings is 1. The van der Waals surface area contributed by atoms with Gasteiger partial charge in [0.05, 0.1) is 28.9 Å². The maximum absolute atomic E-state index is 14.9. The number of piperidine rings is 1. The van der Waals surface area contributed by atoms with E-state index < -0.39 is 86.4 Å². The van der Waals surface area contributed by atoms with Gasteiger partial charge in [-0.15, -0.1) is 6.58 Å². The van der Waals surface area contributed by atoms with Crippen LogP contribution in [-0.4, -0.2) is 120 Å². The van der Waals surface area contributed by atoms with Gasteiger partial charge in [0.25, 0.3) is 5.91 Å². The molecule has 2 saturated heterocycles. The molecular weight excluding hydrogens is 882 g/mol. The van der Waals surface area contributed by atoms with Gasteiger partial charge in [0, 0.05) is 30.8 Å². The van der Waals surface area contributed by atoms with E-state index in [1.807, 2.05) is 24.3 Å². The number of fused-ring (bicyclic) bond motifs is 5. The number of alkyl halides is 3. The number of hydrogen-bond donors (Lipinski definition) is 3. The summed E-state index contributed by atoms with van der Waals surface area (Å²) in [6.07, 6.45) is 0.649. The third-order valence-electron chi connectivity index (χ3n) is 14.2. The molecule has 2 unspecified atom stereocenters. The Hall–Kier alpha value is -4.65. The molecule has 2 saturated carbocycles. The van der Waals surface area contributed by atoms with Gasteiger partial charge in [-0.2, -0.15) is 13.2 Å². The fraction of sp³-hybridized carbons (Fsp3) is 0.681. The van der Waals surface area contributed by atoms with Gasteiger partial charge in [-0.25, -0.2) is 18.2 Å². The zero-order valence-electron chi connectivity index (χ0n) is 38.8. The maximum Gasteiger partial charge on any atom is 0.408 e. The zero-order chi connectivity index (χ0) is 48.0. The molecule has 3 aliphatic heterocycles. The number of amides is 4. The van der Waals surface area contributed by atoms with E-state index in [0.717, 1.165) is 19.3 Å². The number of rotatable bonds is 10. The number of carbonyl (C=O) groups is 4. The van der Waals surface area contributed by atoms with Crippen LogP contribution in [0.1, 0.15) is 111 Å². The van der Waals surface area contributed by atoms with Gasteiger partial charge in [0.1, 0.15) is 41.7 Å². The number of benzene rings is 1. The first-order valence-corrected chi connectivity index (χ1v) is 24.7. The number of halogens is 3. The van der Waals surface area contributed by atoms with Crippen LogP contribution in [0.5, 0.6) is 11.6 Å². The maximum atomic E-state index is 14.9. The average Bonchev–Trinajstić information content (AvgIpc) is 4.14. The van der Waals surface area contributed by atoms with Crippen molar-refractivity contribution in [1.29, 1.82) is 0 Å². The van der Waals surface area contributed by atoms with E-state index in [1.165, 1.54) is 22.8 Å². The summed E-state index contributed by atoms with van der Waals surface area (Å²) in [5.41, 5.74) is -1.50. The molecule has 0 spiro atoms. The van der Waals surface area contributed by atoms with Crippen molar-refractivity contribution < 1.29 is 55.0 Å². The van der Waals surface area contributed by atoms with Crippen LogP contribution in [0.2, 0.25) is 0 Å². The summed E-state index contributed by atoms with van der Waals surface area (Å²) in [5.74, 6) is -2.17.